The number of hydrogen-bond acceptors (Lipinski definition) is 11. The predicted octanol–water partition coefficient (Wildman–Crippen LogP) is 7.01. The number of nitrogens with zero attached hydrogens (tertiary/aromatic N) is 10. The molecule has 0 bridgehead atoms. The zero-order valence-corrected chi connectivity index (χ0v) is 35.0. The number of fused-ring (bicyclic) bond motifs is 4. The molecular formula is C46H44ClN13O2. The number of carbonyl (C=O) groups excluding carboxylic acids is 2. The number of nitrogen functional groups attached to an aromatic ring is 1. The van der Waals surface area contributed by atoms with Gasteiger partial charge in [0.1, 0.15) is 11.0 Å². The number of rotatable bonds is 8. The quantitative estimate of drug-likeness (QED) is 0.133. The molecule has 2 amide bonds. The zero-order valence-electron chi connectivity index (χ0n) is 34.3. The van der Waals surface area contributed by atoms with Crippen LogP contribution in [0.25, 0.3) is 21.8 Å². The number of halogens is 1. The van der Waals surface area contributed by atoms with Crippen LogP contribution in [-0.4, -0.2) is 61.7 Å². The topological polar surface area (TPSA) is 197 Å². The second-order valence-corrected chi connectivity index (χ2v) is 16.2. The fourth-order valence-corrected chi connectivity index (χ4v) is 8.32. The first-order valence-corrected chi connectivity index (χ1v) is 21.0. The van der Waals surface area contributed by atoms with E-state index in [2.05, 4.69) is 75.5 Å². The highest BCUT2D eigenvalue weighted by Crippen LogP contribution is 2.31. The largest absolute Gasteiger partial charge is 0.384 e. The fourth-order valence-electron chi connectivity index (χ4n) is 8.16. The van der Waals surface area contributed by atoms with Gasteiger partial charge in [0.05, 0.1) is 48.6 Å². The number of aromatic nitrogens is 10. The van der Waals surface area contributed by atoms with Crippen LogP contribution in [0.4, 0.5) is 5.82 Å². The summed E-state index contributed by atoms with van der Waals surface area (Å²) in [5.41, 5.74) is 16.4. The van der Waals surface area contributed by atoms with Crippen LogP contribution in [0.2, 0.25) is 5.15 Å². The van der Waals surface area contributed by atoms with Crippen LogP contribution in [0.15, 0.2) is 97.3 Å². The highest BCUT2D eigenvalue weighted by atomic mass is 35.5. The lowest BCUT2D eigenvalue weighted by Crippen LogP contribution is -2.31. The normalized spacial score (nSPS) is 15.6. The van der Waals surface area contributed by atoms with Crippen LogP contribution in [0.1, 0.15) is 104 Å². The van der Waals surface area contributed by atoms with E-state index in [0.717, 1.165) is 105 Å². The molecule has 0 fully saturated rings. The van der Waals surface area contributed by atoms with E-state index in [4.69, 9.17) is 17.3 Å². The number of amides is 2. The molecule has 0 saturated carbocycles. The van der Waals surface area contributed by atoms with Gasteiger partial charge in [0.2, 0.25) is 0 Å². The lowest BCUT2D eigenvalue weighted by atomic mass is 9.91. The molecule has 16 heteroatoms. The van der Waals surface area contributed by atoms with E-state index in [1.165, 1.54) is 0 Å². The van der Waals surface area contributed by atoms with Crippen molar-refractivity contribution in [1.82, 2.24) is 60.6 Å². The number of carbonyl (C=O) groups is 2. The summed E-state index contributed by atoms with van der Waals surface area (Å²) >= 11 is 6.01. The van der Waals surface area contributed by atoms with Crippen LogP contribution < -0.4 is 16.4 Å². The number of nitrogens with two attached hydrogens (primary N) is 1. The van der Waals surface area contributed by atoms with E-state index in [9.17, 15) is 9.59 Å². The summed E-state index contributed by atoms with van der Waals surface area (Å²) in [4.78, 5) is 43.4. The third kappa shape index (κ3) is 9.12. The van der Waals surface area contributed by atoms with Crippen molar-refractivity contribution in [3.8, 4) is 0 Å². The zero-order chi connectivity index (χ0) is 42.7. The second-order valence-electron chi connectivity index (χ2n) is 15.8. The molecule has 0 spiro atoms. The Bertz CT molecular complexity index is 2760. The lowest BCUT2D eigenvalue weighted by Gasteiger charge is -2.25. The van der Waals surface area contributed by atoms with Crippen molar-refractivity contribution in [2.24, 2.45) is 0 Å². The molecule has 0 saturated heterocycles. The maximum Gasteiger partial charge on any atom is 0.273 e. The number of nitrogens with one attached hydrogen (secondary N) is 2. The van der Waals surface area contributed by atoms with Gasteiger partial charge in [0.25, 0.3) is 11.8 Å². The maximum absolute atomic E-state index is 12.8. The van der Waals surface area contributed by atoms with Gasteiger partial charge in [-0.3, -0.25) is 19.6 Å². The van der Waals surface area contributed by atoms with Gasteiger partial charge in [-0.1, -0.05) is 58.4 Å². The van der Waals surface area contributed by atoms with Crippen LogP contribution in [-0.2, 0) is 25.9 Å². The van der Waals surface area contributed by atoms with Gasteiger partial charge >= 0.3 is 0 Å². The van der Waals surface area contributed by atoms with E-state index >= 15 is 0 Å². The number of hydrogen-bond donors (Lipinski definition) is 3. The number of pyridine rings is 4. The molecule has 4 N–H and O–H groups in total. The van der Waals surface area contributed by atoms with Gasteiger partial charge in [-0.25, -0.2) is 19.3 Å². The van der Waals surface area contributed by atoms with Crippen LogP contribution in [0, 0.1) is 13.8 Å². The van der Waals surface area contributed by atoms with Gasteiger partial charge in [0, 0.05) is 33.5 Å². The Morgan fingerprint density at radius 2 is 1.15 bits per heavy atom. The molecule has 2 aliphatic rings. The SMILES string of the molecule is Cc1ccc2cc(Cn3cc(C(=O)NC4CCCc5nc(Cl)ccc54)nn3)ccc2n1.Cc1ccc2cc(Cn3cc(C(=O)NC4CCCc5nc(N)ccc54)nn3)ccc2n1. The Kier molecular flexibility index (Phi) is 11.3. The van der Waals surface area contributed by atoms with Gasteiger partial charge in [-0.05, 0) is 123 Å². The Morgan fingerprint density at radius 3 is 1.68 bits per heavy atom. The third-order valence-corrected chi connectivity index (χ3v) is 11.4. The minimum absolute atomic E-state index is 0.0917. The summed E-state index contributed by atoms with van der Waals surface area (Å²) in [6.45, 7) is 5.01. The van der Waals surface area contributed by atoms with E-state index in [-0.39, 0.29) is 23.9 Å². The molecule has 62 heavy (non-hydrogen) atoms. The summed E-state index contributed by atoms with van der Waals surface area (Å²) in [6, 6.07) is 27.6. The van der Waals surface area contributed by atoms with Crippen LogP contribution in [0.3, 0.4) is 0 Å². The average Bonchev–Trinajstić information content (AvgIpc) is 3.94. The molecule has 10 rings (SSSR count). The Labute approximate surface area is 362 Å². The van der Waals surface area contributed by atoms with Crippen molar-refractivity contribution in [3.05, 3.63) is 159 Å². The molecule has 8 aromatic rings. The van der Waals surface area contributed by atoms with Crippen molar-refractivity contribution in [2.45, 2.75) is 77.5 Å². The van der Waals surface area contributed by atoms with Gasteiger partial charge in [0.15, 0.2) is 11.4 Å². The summed E-state index contributed by atoms with van der Waals surface area (Å²) in [5.74, 6) is 0.0321. The fraction of sp³-hybridized carbons (Fsp3) is 0.261. The number of anilines is 1. The lowest BCUT2D eigenvalue weighted by molar-refractivity contribution is 0.0919. The number of benzene rings is 2. The summed E-state index contributed by atoms with van der Waals surface area (Å²) < 4.78 is 3.35. The Hall–Kier alpha value is -7.13. The van der Waals surface area contributed by atoms with E-state index in [1.54, 1.807) is 33.9 Å². The predicted molar refractivity (Wildman–Crippen MR) is 235 cm³/mol. The molecule has 15 nitrogen and oxygen atoms in total. The highest BCUT2D eigenvalue weighted by Gasteiger charge is 2.26. The summed E-state index contributed by atoms with van der Waals surface area (Å²) in [7, 11) is 0. The van der Waals surface area contributed by atoms with Crippen molar-refractivity contribution < 1.29 is 9.59 Å². The average molecular weight is 846 g/mol. The molecule has 2 aliphatic carbocycles. The maximum atomic E-state index is 12.8. The molecule has 2 atom stereocenters. The van der Waals surface area contributed by atoms with E-state index in [1.807, 2.05) is 62.4 Å². The Balaban J connectivity index is 0.000000158. The highest BCUT2D eigenvalue weighted by molar-refractivity contribution is 6.29. The Morgan fingerprint density at radius 1 is 0.645 bits per heavy atom. The third-order valence-electron chi connectivity index (χ3n) is 11.2. The molecule has 2 aromatic carbocycles. The van der Waals surface area contributed by atoms with Crippen molar-refractivity contribution in [2.75, 3.05) is 5.73 Å². The molecule has 2 unspecified atom stereocenters. The summed E-state index contributed by atoms with van der Waals surface area (Å²) in [5, 5.41) is 25.2. The van der Waals surface area contributed by atoms with Crippen LogP contribution in [0.5, 0.6) is 0 Å². The molecule has 0 radical (unpaired) electrons. The molecule has 312 valence electrons. The van der Waals surface area contributed by atoms with Crippen molar-refractivity contribution >= 4 is 51.0 Å². The van der Waals surface area contributed by atoms with E-state index in [0.29, 0.717) is 35.4 Å². The standard InChI is InChI=1S/C23H21ClN6O.C23H23N7O/c2*1-14-5-7-16-11-15(6-9-18(16)25-14)12-30-13-21(28-29-30)23(31)27-20-4-2-3-19-17(20)8-10-22(24)26-19/h5-11,13,20H,2-4,12H2,1H3,(H,27,31);5-11,13,20H,2-4,12H2,1H3,(H2,24,26)(H,27,31). The monoisotopic (exact) mass is 845 g/mol. The second kappa shape index (κ2) is 17.5. The van der Waals surface area contributed by atoms with Gasteiger partial charge < -0.3 is 16.4 Å². The van der Waals surface area contributed by atoms with Crippen LogP contribution >= 0.6 is 11.6 Å². The van der Waals surface area contributed by atoms with Gasteiger partial charge in [-0.15, -0.1) is 10.2 Å². The molecule has 6 heterocycles. The first-order chi connectivity index (χ1) is 30.1. The molecule has 0 aliphatic heterocycles. The first kappa shape index (κ1) is 40.3. The number of aryl methyl sites for hydroxylation is 4. The van der Waals surface area contributed by atoms with E-state index < -0.39 is 0 Å². The van der Waals surface area contributed by atoms with Gasteiger partial charge in [-0.2, -0.15) is 0 Å². The molecule has 6 aromatic heterocycles. The van der Waals surface area contributed by atoms with Crippen molar-refractivity contribution in [1.29, 1.82) is 0 Å². The smallest absolute Gasteiger partial charge is 0.273 e. The first-order valence-electron chi connectivity index (χ1n) is 20.7. The van der Waals surface area contributed by atoms with Crippen molar-refractivity contribution in [3.63, 3.8) is 0 Å². The summed E-state index contributed by atoms with van der Waals surface area (Å²) in [6.07, 6.45) is 8.74. The minimum Gasteiger partial charge on any atom is -0.384 e. The minimum atomic E-state index is -0.239. The molecular weight excluding hydrogens is 802 g/mol.